The van der Waals surface area contributed by atoms with Crippen molar-refractivity contribution in [3.8, 4) is 0 Å². The minimum Gasteiger partial charge on any atom is -0.381 e. The van der Waals surface area contributed by atoms with Crippen LogP contribution in [0.15, 0.2) is 12.1 Å². The molecule has 1 unspecified atom stereocenters. The summed E-state index contributed by atoms with van der Waals surface area (Å²) in [5, 5.41) is 3.58. The van der Waals surface area contributed by atoms with E-state index < -0.39 is 7.26 Å². The summed E-state index contributed by atoms with van der Waals surface area (Å²) >= 11 is 0. The fraction of sp³-hybridized carbons (Fsp3) is 0.611. The molecule has 0 saturated heterocycles. The molecule has 1 radical (unpaired) electrons. The maximum Gasteiger partial charge on any atom is 0.123 e. The van der Waals surface area contributed by atoms with E-state index >= 15 is 0 Å². The van der Waals surface area contributed by atoms with E-state index in [1.54, 1.807) is 12.1 Å². The van der Waals surface area contributed by atoms with E-state index in [-0.39, 0.29) is 40.0 Å². The van der Waals surface area contributed by atoms with Crippen LogP contribution in [0, 0.1) is 19.7 Å². The molecule has 0 bridgehead atoms. The van der Waals surface area contributed by atoms with Crippen molar-refractivity contribution in [3.63, 3.8) is 0 Å². The van der Waals surface area contributed by atoms with E-state index in [9.17, 15) is 4.39 Å². The second-order valence-corrected chi connectivity index (χ2v) is 11.0. The van der Waals surface area contributed by atoms with Gasteiger partial charge in [-0.05, 0) is 64.8 Å². The molecular weight excluding hydrogens is 385 g/mol. The van der Waals surface area contributed by atoms with Gasteiger partial charge in [0.1, 0.15) is 12.6 Å². The predicted octanol–water partition coefficient (Wildman–Crippen LogP) is 5.38. The molecule has 5 heteroatoms. The van der Waals surface area contributed by atoms with Gasteiger partial charge in [0.25, 0.3) is 0 Å². The van der Waals surface area contributed by atoms with Gasteiger partial charge in [-0.25, -0.2) is 4.39 Å². The molecule has 1 rings (SSSR count). The van der Waals surface area contributed by atoms with Crippen LogP contribution in [-0.4, -0.2) is 37.5 Å². The molecule has 0 spiro atoms. The van der Waals surface area contributed by atoms with Crippen LogP contribution >= 0.6 is 7.26 Å². The molecule has 0 aromatic heterocycles. The first-order valence-corrected chi connectivity index (χ1v) is 10.5. The van der Waals surface area contributed by atoms with Crippen LogP contribution in [0.2, 0.25) is 0 Å². The van der Waals surface area contributed by atoms with Crippen LogP contribution in [0.3, 0.4) is 0 Å². The van der Waals surface area contributed by atoms with Gasteiger partial charge in [0.05, 0.1) is 30.7 Å². The molecular formula is C18H34FNOPY+. The number of hydrogen-bond donors (Lipinski definition) is 1. The van der Waals surface area contributed by atoms with Crippen molar-refractivity contribution >= 4 is 19.7 Å². The van der Waals surface area contributed by atoms with E-state index in [2.05, 4.69) is 33.0 Å². The van der Waals surface area contributed by atoms with Crippen molar-refractivity contribution < 1.29 is 43.3 Å². The number of hydrogen-bond acceptors (Lipinski definition) is 2. The third-order valence-corrected chi connectivity index (χ3v) is 10.7. The second kappa shape index (κ2) is 12.5. The third-order valence-electron chi connectivity index (χ3n) is 4.90. The Morgan fingerprint density at radius 3 is 1.87 bits per heavy atom. The molecule has 0 heterocycles. The predicted molar refractivity (Wildman–Crippen MR) is 102 cm³/mol. The number of nitrogens with one attached hydrogen (secondary N) is 1. The van der Waals surface area contributed by atoms with E-state index in [0.717, 1.165) is 23.4 Å². The molecule has 0 fully saturated rings. The molecule has 23 heavy (non-hydrogen) atoms. The van der Waals surface area contributed by atoms with Crippen LogP contribution in [-0.2, 0) is 37.5 Å². The molecule has 0 aliphatic carbocycles. The minimum absolute atomic E-state index is 0. The SMILES string of the molecule is C=O.CC[P+](CC)(CC)C(C)CNc1c(C)cc(F)cc1C.[HH].[Y]. The van der Waals surface area contributed by atoms with Crippen molar-refractivity contribution in [3.05, 3.63) is 29.1 Å². The standard InChI is InChI=1S/C17H30FNP.CH2O.Y.H2/c1-7-20(8-2,9-3)15(6)12-19-17-13(4)10-16(18)11-14(17)5;1-2;;/h10-11,15,19H,7-9,12H2,1-6H3;1H2;;1H/q+1;;;. The van der Waals surface area contributed by atoms with E-state index in [4.69, 9.17) is 4.79 Å². The van der Waals surface area contributed by atoms with Gasteiger partial charge in [0, 0.05) is 47.1 Å². The number of anilines is 1. The topological polar surface area (TPSA) is 29.1 Å². The van der Waals surface area contributed by atoms with Crippen LogP contribution in [0.25, 0.3) is 0 Å². The summed E-state index contributed by atoms with van der Waals surface area (Å²) in [5.74, 6) is -0.142. The fourth-order valence-electron chi connectivity index (χ4n) is 3.24. The van der Waals surface area contributed by atoms with E-state index in [1.165, 1.54) is 18.5 Å². The minimum atomic E-state index is -0.843. The van der Waals surface area contributed by atoms with Gasteiger partial charge in [-0.1, -0.05) is 0 Å². The van der Waals surface area contributed by atoms with Gasteiger partial charge in [0.15, 0.2) is 0 Å². The van der Waals surface area contributed by atoms with E-state index in [1.807, 2.05) is 20.6 Å². The maximum absolute atomic E-state index is 13.3. The zero-order chi connectivity index (χ0) is 17.3. The normalized spacial score (nSPS) is 11.8. The van der Waals surface area contributed by atoms with Crippen LogP contribution < -0.4 is 5.32 Å². The van der Waals surface area contributed by atoms with Gasteiger partial charge in [-0.15, -0.1) is 0 Å². The number of aryl methyl sites for hydroxylation is 2. The van der Waals surface area contributed by atoms with Crippen molar-refractivity contribution in [2.24, 2.45) is 0 Å². The molecule has 1 atom stereocenters. The molecule has 1 aromatic rings. The van der Waals surface area contributed by atoms with E-state index in [0.29, 0.717) is 5.66 Å². The van der Waals surface area contributed by atoms with Crippen molar-refractivity contribution in [2.45, 2.75) is 47.2 Å². The summed E-state index contributed by atoms with van der Waals surface area (Å²) in [6.07, 6.45) is 3.97. The average molecular weight is 419 g/mol. The number of carbonyl (C=O) groups is 1. The first-order valence-electron chi connectivity index (χ1n) is 8.05. The number of rotatable bonds is 7. The summed E-state index contributed by atoms with van der Waals surface area (Å²) < 4.78 is 13.3. The molecule has 1 aromatic carbocycles. The van der Waals surface area contributed by atoms with Crippen molar-refractivity contribution in [2.75, 3.05) is 30.3 Å². The largest absolute Gasteiger partial charge is 0.381 e. The Kier molecular flexibility index (Phi) is 13.8. The maximum atomic E-state index is 13.3. The second-order valence-electron chi connectivity index (χ2n) is 5.81. The van der Waals surface area contributed by atoms with Crippen molar-refractivity contribution in [1.29, 1.82) is 0 Å². The Hall–Kier alpha value is 0.154. The Balaban J connectivity index is -0.00000106. The van der Waals surface area contributed by atoms with Crippen LogP contribution in [0.1, 0.15) is 40.2 Å². The smallest absolute Gasteiger partial charge is 0.123 e. The van der Waals surface area contributed by atoms with Gasteiger partial charge in [-0.2, -0.15) is 0 Å². The Labute approximate surface area is 169 Å². The Morgan fingerprint density at radius 1 is 1.13 bits per heavy atom. The molecule has 0 aliphatic heterocycles. The summed E-state index contributed by atoms with van der Waals surface area (Å²) in [6, 6.07) is 3.23. The summed E-state index contributed by atoms with van der Waals surface area (Å²) in [6.45, 7) is 16.3. The number of carbonyl (C=O) groups excluding carboxylic acids is 1. The number of benzene rings is 1. The first-order chi connectivity index (χ1) is 10.4. The molecule has 131 valence electrons. The van der Waals surface area contributed by atoms with Gasteiger partial charge in [-0.3, -0.25) is 0 Å². The quantitative estimate of drug-likeness (QED) is 0.602. The van der Waals surface area contributed by atoms with Crippen LogP contribution in [0.4, 0.5) is 10.1 Å². The zero-order valence-corrected chi connectivity index (χ0v) is 19.3. The monoisotopic (exact) mass is 419 g/mol. The summed E-state index contributed by atoms with van der Waals surface area (Å²) in [5.41, 5.74) is 3.83. The van der Waals surface area contributed by atoms with Crippen molar-refractivity contribution in [1.82, 2.24) is 0 Å². The molecule has 2 nitrogen and oxygen atoms in total. The Bertz CT molecular complexity index is 441. The number of halogens is 1. The average Bonchev–Trinajstić information content (AvgIpc) is 2.50. The van der Waals surface area contributed by atoms with Crippen LogP contribution in [0.5, 0.6) is 0 Å². The molecule has 1 N–H and O–H groups in total. The molecule has 0 aliphatic rings. The van der Waals surface area contributed by atoms with Gasteiger partial charge >= 0.3 is 0 Å². The summed E-state index contributed by atoms with van der Waals surface area (Å²) in [4.78, 5) is 8.00. The zero-order valence-electron chi connectivity index (χ0n) is 15.6. The van der Waals surface area contributed by atoms with Gasteiger partial charge in [0.2, 0.25) is 0 Å². The third kappa shape index (κ3) is 6.88. The fourth-order valence-corrected chi connectivity index (χ4v) is 6.93. The van der Waals surface area contributed by atoms with Gasteiger partial charge < -0.3 is 10.1 Å². The summed E-state index contributed by atoms with van der Waals surface area (Å²) in [7, 11) is -0.843. The molecule has 0 saturated carbocycles. The Morgan fingerprint density at radius 2 is 1.52 bits per heavy atom. The molecule has 0 amide bonds. The first kappa shape index (κ1) is 25.4.